The summed E-state index contributed by atoms with van der Waals surface area (Å²) in [5.41, 5.74) is 3.78. The maximum atomic E-state index is 9.55. The van der Waals surface area contributed by atoms with Crippen LogP contribution in [0.2, 0.25) is 0 Å². The van der Waals surface area contributed by atoms with Crippen LogP contribution in [-0.2, 0) is 18.9 Å². The monoisotopic (exact) mass is 335 g/mol. The van der Waals surface area contributed by atoms with Gasteiger partial charge in [-0.25, -0.2) is 4.98 Å². The Bertz CT molecular complexity index is 835. The van der Waals surface area contributed by atoms with Gasteiger partial charge in [0.1, 0.15) is 0 Å². The maximum absolute atomic E-state index is 9.55. The van der Waals surface area contributed by atoms with Crippen LogP contribution in [-0.4, -0.2) is 14.7 Å². The second-order valence-corrected chi connectivity index (χ2v) is 6.30. The van der Waals surface area contributed by atoms with Crippen molar-refractivity contribution < 1.29 is 5.11 Å². The number of thioether (sulfide) groups is 1. The summed E-state index contributed by atoms with van der Waals surface area (Å²) in [4.78, 5) is 4.45. The van der Waals surface area contributed by atoms with Gasteiger partial charge in [0.2, 0.25) is 0 Å². The first-order valence-electron chi connectivity index (χ1n) is 7.61. The molecule has 0 unspecified atom stereocenters. The molecule has 0 saturated heterocycles. The van der Waals surface area contributed by atoms with Crippen molar-refractivity contribution in [3.05, 3.63) is 83.2 Å². The van der Waals surface area contributed by atoms with Crippen LogP contribution in [0, 0.1) is 11.3 Å². The number of hydrogen-bond donors (Lipinski definition) is 1. The van der Waals surface area contributed by atoms with E-state index in [0.29, 0.717) is 12.1 Å². The molecule has 1 N–H and O–H groups in total. The van der Waals surface area contributed by atoms with Crippen molar-refractivity contribution in [2.45, 2.75) is 24.1 Å². The number of aliphatic hydroxyl groups is 1. The Morgan fingerprint density at radius 2 is 1.79 bits per heavy atom. The normalized spacial score (nSPS) is 10.5. The molecule has 1 aromatic heterocycles. The van der Waals surface area contributed by atoms with E-state index >= 15 is 0 Å². The first-order chi connectivity index (χ1) is 11.8. The lowest BCUT2D eigenvalue weighted by Crippen LogP contribution is -2.06. The number of rotatable bonds is 6. The Morgan fingerprint density at radius 1 is 1.04 bits per heavy atom. The molecule has 2 aromatic carbocycles. The highest BCUT2D eigenvalue weighted by Gasteiger charge is 2.11. The SMILES string of the molecule is N#Cc1ccc(CSc2ncc(CO)n2Cc2ccccc2)cc1. The predicted molar refractivity (Wildman–Crippen MR) is 94.4 cm³/mol. The standard InChI is InChI=1S/C19H17N3OS/c20-10-15-6-8-17(9-7-15)14-24-19-21-11-18(13-23)22(19)12-16-4-2-1-3-5-16/h1-9,11,23H,12-14H2. The minimum atomic E-state index is -0.0305. The summed E-state index contributed by atoms with van der Waals surface area (Å²) in [6.07, 6.45) is 1.73. The Labute approximate surface area is 145 Å². The third kappa shape index (κ3) is 3.85. The summed E-state index contributed by atoms with van der Waals surface area (Å²) in [5, 5.41) is 19.3. The van der Waals surface area contributed by atoms with E-state index in [-0.39, 0.29) is 6.61 Å². The largest absolute Gasteiger partial charge is 0.390 e. The van der Waals surface area contributed by atoms with Crippen LogP contribution in [0.3, 0.4) is 0 Å². The van der Waals surface area contributed by atoms with Gasteiger partial charge in [-0.3, -0.25) is 0 Å². The van der Waals surface area contributed by atoms with E-state index < -0.39 is 0 Å². The minimum Gasteiger partial charge on any atom is -0.390 e. The number of imidazole rings is 1. The first kappa shape index (κ1) is 16.3. The highest BCUT2D eigenvalue weighted by Crippen LogP contribution is 2.24. The number of hydrogen-bond acceptors (Lipinski definition) is 4. The average Bonchev–Trinajstić information content (AvgIpc) is 3.03. The molecule has 0 saturated carbocycles. The molecule has 0 aliphatic heterocycles. The Morgan fingerprint density at radius 3 is 2.46 bits per heavy atom. The lowest BCUT2D eigenvalue weighted by molar-refractivity contribution is 0.270. The molecule has 1 heterocycles. The molecular weight excluding hydrogens is 318 g/mol. The molecule has 0 aliphatic rings. The zero-order valence-corrected chi connectivity index (χ0v) is 13.9. The molecule has 0 atom stereocenters. The van der Waals surface area contributed by atoms with Crippen molar-refractivity contribution in [1.29, 1.82) is 5.26 Å². The summed E-state index contributed by atoms with van der Waals surface area (Å²) in [6.45, 7) is 0.656. The van der Waals surface area contributed by atoms with E-state index in [1.807, 2.05) is 47.0 Å². The van der Waals surface area contributed by atoms with Gasteiger partial charge in [-0.2, -0.15) is 5.26 Å². The predicted octanol–water partition coefficient (Wildman–Crippen LogP) is 3.59. The van der Waals surface area contributed by atoms with Crippen molar-refractivity contribution in [1.82, 2.24) is 9.55 Å². The molecular formula is C19H17N3OS. The highest BCUT2D eigenvalue weighted by atomic mass is 32.2. The molecule has 120 valence electrons. The Balaban J connectivity index is 1.75. The second-order valence-electron chi connectivity index (χ2n) is 5.36. The molecule has 3 rings (SSSR count). The molecule has 0 bridgehead atoms. The number of nitriles is 1. The van der Waals surface area contributed by atoms with Crippen LogP contribution in [0.1, 0.15) is 22.4 Å². The first-order valence-corrected chi connectivity index (χ1v) is 8.59. The zero-order valence-electron chi connectivity index (χ0n) is 13.1. The van der Waals surface area contributed by atoms with Crippen LogP contribution in [0.15, 0.2) is 66.0 Å². The van der Waals surface area contributed by atoms with Crippen molar-refractivity contribution in [2.24, 2.45) is 0 Å². The van der Waals surface area contributed by atoms with E-state index in [0.717, 1.165) is 22.2 Å². The average molecular weight is 335 g/mol. The fourth-order valence-corrected chi connectivity index (χ4v) is 3.34. The summed E-state index contributed by atoms with van der Waals surface area (Å²) >= 11 is 1.63. The van der Waals surface area contributed by atoms with Gasteiger partial charge in [0, 0.05) is 12.3 Å². The smallest absolute Gasteiger partial charge is 0.168 e. The molecule has 0 radical (unpaired) electrons. The van der Waals surface area contributed by atoms with Gasteiger partial charge in [0.25, 0.3) is 0 Å². The van der Waals surface area contributed by atoms with Crippen LogP contribution < -0.4 is 0 Å². The minimum absolute atomic E-state index is 0.0305. The molecule has 0 aliphatic carbocycles. The maximum Gasteiger partial charge on any atom is 0.168 e. The lowest BCUT2D eigenvalue weighted by Gasteiger charge is -2.11. The number of aromatic nitrogens is 2. The molecule has 4 nitrogen and oxygen atoms in total. The van der Waals surface area contributed by atoms with Gasteiger partial charge in [-0.15, -0.1) is 0 Å². The van der Waals surface area contributed by atoms with E-state index in [2.05, 4.69) is 23.2 Å². The number of nitrogens with zero attached hydrogens (tertiary/aromatic N) is 3. The quantitative estimate of drug-likeness (QED) is 0.699. The van der Waals surface area contributed by atoms with Crippen molar-refractivity contribution >= 4 is 11.8 Å². The summed E-state index contributed by atoms with van der Waals surface area (Å²) in [7, 11) is 0. The van der Waals surface area contributed by atoms with E-state index in [4.69, 9.17) is 5.26 Å². The van der Waals surface area contributed by atoms with E-state index in [1.165, 1.54) is 5.56 Å². The van der Waals surface area contributed by atoms with Crippen molar-refractivity contribution in [2.75, 3.05) is 0 Å². The lowest BCUT2D eigenvalue weighted by atomic mass is 10.2. The summed E-state index contributed by atoms with van der Waals surface area (Å²) < 4.78 is 2.05. The Hall–Kier alpha value is -2.55. The van der Waals surface area contributed by atoms with Gasteiger partial charge in [-0.1, -0.05) is 54.2 Å². The van der Waals surface area contributed by atoms with Gasteiger partial charge >= 0.3 is 0 Å². The van der Waals surface area contributed by atoms with Crippen LogP contribution >= 0.6 is 11.8 Å². The molecule has 0 fully saturated rings. The van der Waals surface area contributed by atoms with Crippen LogP contribution in [0.25, 0.3) is 0 Å². The Kier molecular flexibility index (Phi) is 5.32. The van der Waals surface area contributed by atoms with Crippen molar-refractivity contribution in [3.8, 4) is 6.07 Å². The number of benzene rings is 2. The fraction of sp³-hybridized carbons (Fsp3) is 0.158. The highest BCUT2D eigenvalue weighted by molar-refractivity contribution is 7.98. The third-order valence-electron chi connectivity index (χ3n) is 3.70. The molecule has 5 heteroatoms. The molecule has 0 amide bonds. The summed E-state index contributed by atoms with van der Waals surface area (Å²) in [5.74, 6) is 0.766. The zero-order chi connectivity index (χ0) is 16.8. The van der Waals surface area contributed by atoms with E-state index in [1.54, 1.807) is 18.0 Å². The second kappa shape index (κ2) is 7.82. The van der Waals surface area contributed by atoms with Gasteiger partial charge in [0.05, 0.1) is 30.1 Å². The van der Waals surface area contributed by atoms with E-state index in [9.17, 15) is 5.11 Å². The van der Waals surface area contributed by atoms with Crippen LogP contribution in [0.5, 0.6) is 0 Å². The van der Waals surface area contributed by atoms with Crippen LogP contribution in [0.4, 0.5) is 0 Å². The third-order valence-corrected chi connectivity index (χ3v) is 4.76. The topological polar surface area (TPSA) is 61.8 Å². The molecule has 3 aromatic rings. The summed E-state index contributed by atoms with van der Waals surface area (Å²) in [6, 6.07) is 19.8. The van der Waals surface area contributed by atoms with Crippen molar-refractivity contribution in [3.63, 3.8) is 0 Å². The van der Waals surface area contributed by atoms with Gasteiger partial charge in [-0.05, 0) is 23.3 Å². The number of aliphatic hydroxyl groups excluding tert-OH is 1. The molecule has 0 spiro atoms. The fourth-order valence-electron chi connectivity index (χ4n) is 2.39. The van der Waals surface area contributed by atoms with Gasteiger partial charge < -0.3 is 9.67 Å². The van der Waals surface area contributed by atoms with Gasteiger partial charge in [0.15, 0.2) is 5.16 Å². The molecule has 24 heavy (non-hydrogen) atoms.